The van der Waals surface area contributed by atoms with Crippen molar-refractivity contribution in [2.45, 2.75) is 37.3 Å². The maximum Gasteiger partial charge on any atom is 0.252 e. The topological polar surface area (TPSA) is 37.4 Å². The zero-order valence-corrected chi connectivity index (χ0v) is 15.9. The van der Waals surface area contributed by atoms with Crippen molar-refractivity contribution in [1.82, 2.24) is 4.31 Å². The maximum absolute atomic E-state index is 12.9. The summed E-state index contributed by atoms with van der Waals surface area (Å²) >= 11 is 1.31. The molecule has 1 aromatic heterocycles. The molecule has 2 aromatic rings. The summed E-state index contributed by atoms with van der Waals surface area (Å²) in [5.41, 5.74) is 2.57. The number of aryl methyl sites for hydroxylation is 1. The van der Waals surface area contributed by atoms with Gasteiger partial charge in [0.15, 0.2) is 0 Å². The zero-order chi connectivity index (χ0) is 17.2. The van der Waals surface area contributed by atoms with Crippen LogP contribution in [0.3, 0.4) is 0 Å². The van der Waals surface area contributed by atoms with Gasteiger partial charge >= 0.3 is 0 Å². The number of hydrogen-bond acceptors (Lipinski definition) is 3. The highest BCUT2D eigenvalue weighted by Crippen LogP contribution is 2.30. The molecule has 0 spiro atoms. The molecule has 2 heterocycles. The number of rotatable bonds is 4. The van der Waals surface area contributed by atoms with Gasteiger partial charge in [-0.3, -0.25) is 0 Å². The molecule has 1 aliphatic rings. The third kappa shape index (κ3) is 3.90. The van der Waals surface area contributed by atoms with Crippen molar-refractivity contribution in [2.24, 2.45) is 11.8 Å². The Bertz CT molecular complexity index is 768. The van der Waals surface area contributed by atoms with Gasteiger partial charge in [0, 0.05) is 13.1 Å². The molecule has 0 saturated carbocycles. The van der Waals surface area contributed by atoms with Crippen LogP contribution in [0, 0.1) is 18.8 Å². The van der Waals surface area contributed by atoms with Crippen LogP contribution in [0.2, 0.25) is 0 Å². The predicted octanol–water partition coefficient (Wildman–Crippen LogP) is 4.34. The lowest BCUT2D eigenvalue weighted by Crippen LogP contribution is -2.35. The van der Waals surface area contributed by atoms with Crippen LogP contribution in [-0.2, 0) is 16.4 Å². The minimum atomic E-state index is -3.35. The monoisotopic (exact) mass is 363 g/mol. The Morgan fingerprint density at radius 1 is 1.25 bits per heavy atom. The molecule has 5 heteroatoms. The standard InChI is InChI=1S/C19H25NO2S2/c1-15-6-3-8-17(12-15)13-18-14-20(10-4-7-16(18)2)24(21,22)19-9-5-11-23-19/h3,5-6,8-9,11-12,16,18H,4,7,10,13-14H2,1-2H3. The Balaban J connectivity index is 1.81. The van der Waals surface area contributed by atoms with E-state index in [9.17, 15) is 8.42 Å². The van der Waals surface area contributed by atoms with E-state index in [2.05, 4.69) is 38.1 Å². The summed E-state index contributed by atoms with van der Waals surface area (Å²) < 4.78 is 28.0. The molecule has 130 valence electrons. The third-order valence-electron chi connectivity index (χ3n) is 4.98. The van der Waals surface area contributed by atoms with E-state index in [1.807, 2.05) is 11.4 Å². The Morgan fingerprint density at radius 3 is 2.79 bits per heavy atom. The van der Waals surface area contributed by atoms with Gasteiger partial charge in [-0.15, -0.1) is 11.3 Å². The normalized spacial score (nSPS) is 23.1. The highest BCUT2D eigenvalue weighted by Gasteiger charge is 2.32. The van der Waals surface area contributed by atoms with Gasteiger partial charge in [0.05, 0.1) is 0 Å². The van der Waals surface area contributed by atoms with E-state index >= 15 is 0 Å². The number of benzene rings is 1. The summed E-state index contributed by atoms with van der Waals surface area (Å²) in [7, 11) is -3.35. The van der Waals surface area contributed by atoms with E-state index in [0.717, 1.165) is 19.3 Å². The Labute approximate surface area is 149 Å². The van der Waals surface area contributed by atoms with Gasteiger partial charge in [-0.25, -0.2) is 8.42 Å². The van der Waals surface area contributed by atoms with Crippen LogP contribution in [0.25, 0.3) is 0 Å². The molecule has 0 radical (unpaired) electrons. The lowest BCUT2D eigenvalue weighted by atomic mass is 9.86. The fourth-order valence-corrected chi connectivity index (χ4v) is 6.20. The van der Waals surface area contributed by atoms with Gasteiger partial charge in [0.25, 0.3) is 10.0 Å². The van der Waals surface area contributed by atoms with Crippen LogP contribution in [0.1, 0.15) is 30.9 Å². The second-order valence-corrected chi connectivity index (χ2v) is 9.98. The molecule has 1 aliphatic heterocycles. The van der Waals surface area contributed by atoms with E-state index in [4.69, 9.17) is 0 Å². The van der Waals surface area contributed by atoms with E-state index in [-0.39, 0.29) is 0 Å². The van der Waals surface area contributed by atoms with Crippen molar-refractivity contribution >= 4 is 21.4 Å². The zero-order valence-electron chi connectivity index (χ0n) is 14.3. The SMILES string of the molecule is Cc1cccc(CC2CN(S(=O)(=O)c3cccs3)CCCC2C)c1. The van der Waals surface area contributed by atoms with Crippen LogP contribution in [0.5, 0.6) is 0 Å². The minimum Gasteiger partial charge on any atom is -0.206 e. The largest absolute Gasteiger partial charge is 0.252 e. The lowest BCUT2D eigenvalue weighted by Gasteiger charge is -2.26. The van der Waals surface area contributed by atoms with Crippen molar-refractivity contribution in [2.75, 3.05) is 13.1 Å². The van der Waals surface area contributed by atoms with Crippen LogP contribution in [-0.4, -0.2) is 25.8 Å². The first-order valence-corrected chi connectivity index (χ1v) is 10.9. The molecule has 0 bridgehead atoms. The van der Waals surface area contributed by atoms with E-state index in [1.165, 1.54) is 22.5 Å². The highest BCUT2D eigenvalue weighted by atomic mass is 32.2. The average molecular weight is 364 g/mol. The molecular formula is C19H25NO2S2. The summed E-state index contributed by atoms with van der Waals surface area (Å²) in [5.74, 6) is 0.901. The van der Waals surface area contributed by atoms with Crippen LogP contribution >= 0.6 is 11.3 Å². The molecule has 24 heavy (non-hydrogen) atoms. The predicted molar refractivity (Wildman–Crippen MR) is 99.8 cm³/mol. The fourth-order valence-electron chi connectivity index (χ4n) is 3.52. The third-order valence-corrected chi connectivity index (χ3v) is 8.22. The van der Waals surface area contributed by atoms with Crippen molar-refractivity contribution in [1.29, 1.82) is 0 Å². The molecule has 2 unspecified atom stereocenters. The van der Waals surface area contributed by atoms with Crippen molar-refractivity contribution < 1.29 is 8.42 Å². The lowest BCUT2D eigenvalue weighted by molar-refractivity contribution is 0.308. The molecule has 0 N–H and O–H groups in total. The number of hydrogen-bond donors (Lipinski definition) is 0. The Hall–Kier alpha value is -1.17. The van der Waals surface area contributed by atoms with Crippen LogP contribution < -0.4 is 0 Å². The summed E-state index contributed by atoms with van der Waals surface area (Å²) in [6.45, 7) is 5.62. The molecular weight excluding hydrogens is 338 g/mol. The molecule has 1 aromatic carbocycles. The smallest absolute Gasteiger partial charge is 0.206 e. The van der Waals surface area contributed by atoms with Gasteiger partial charge in [0.2, 0.25) is 0 Å². The van der Waals surface area contributed by atoms with Gasteiger partial charge < -0.3 is 0 Å². The molecule has 0 amide bonds. The Morgan fingerprint density at radius 2 is 2.08 bits per heavy atom. The van der Waals surface area contributed by atoms with E-state index in [1.54, 1.807) is 10.4 Å². The fraction of sp³-hybridized carbons (Fsp3) is 0.474. The number of sulfonamides is 1. The van der Waals surface area contributed by atoms with Crippen molar-refractivity contribution in [3.63, 3.8) is 0 Å². The molecule has 1 fully saturated rings. The molecule has 0 aliphatic carbocycles. The van der Waals surface area contributed by atoms with Crippen molar-refractivity contribution in [3.8, 4) is 0 Å². The minimum absolute atomic E-state index is 0.365. The van der Waals surface area contributed by atoms with E-state index < -0.39 is 10.0 Å². The number of nitrogens with zero attached hydrogens (tertiary/aromatic N) is 1. The van der Waals surface area contributed by atoms with Gasteiger partial charge in [-0.2, -0.15) is 4.31 Å². The van der Waals surface area contributed by atoms with Crippen LogP contribution in [0.4, 0.5) is 0 Å². The highest BCUT2D eigenvalue weighted by molar-refractivity contribution is 7.91. The average Bonchev–Trinajstić information content (AvgIpc) is 3.02. The summed E-state index contributed by atoms with van der Waals surface area (Å²) in [4.78, 5) is 0. The van der Waals surface area contributed by atoms with Gasteiger partial charge in [-0.05, 0) is 55.0 Å². The number of thiophene rings is 1. The molecule has 2 atom stereocenters. The summed E-state index contributed by atoms with van der Waals surface area (Å²) in [5, 5.41) is 1.83. The van der Waals surface area contributed by atoms with Crippen molar-refractivity contribution in [3.05, 3.63) is 52.9 Å². The first-order chi connectivity index (χ1) is 11.5. The first kappa shape index (κ1) is 17.6. The molecule has 3 nitrogen and oxygen atoms in total. The summed E-state index contributed by atoms with van der Waals surface area (Å²) in [6.07, 6.45) is 2.97. The second-order valence-electron chi connectivity index (χ2n) is 6.87. The van der Waals surface area contributed by atoms with Gasteiger partial charge in [0.1, 0.15) is 4.21 Å². The maximum atomic E-state index is 12.9. The van der Waals surface area contributed by atoms with Crippen LogP contribution in [0.15, 0.2) is 46.0 Å². The quantitative estimate of drug-likeness (QED) is 0.810. The molecule has 3 rings (SSSR count). The van der Waals surface area contributed by atoms with E-state index in [0.29, 0.717) is 29.1 Å². The second kappa shape index (κ2) is 7.38. The first-order valence-electron chi connectivity index (χ1n) is 8.56. The van der Waals surface area contributed by atoms with Gasteiger partial charge in [-0.1, -0.05) is 42.8 Å². The summed E-state index contributed by atoms with van der Waals surface area (Å²) in [6, 6.07) is 12.1. The Kier molecular flexibility index (Phi) is 5.42. The molecule has 1 saturated heterocycles.